The summed E-state index contributed by atoms with van der Waals surface area (Å²) < 4.78 is 22.5. The molecule has 1 atom stereocenters. The molecule has 0 aliphatic rings. The Morgan fingerprint density at radius 3 is 1.73 bits per heavy atom. The lowest BCUT2D eigenvalue weighted by Gasteiger charge is -2.09. The first-order valence-electron chi connectivity index (χ1n) is 5.35. The van der Waals surface area contributed by atoms with E-state index in [2.05, 4.69) is 13.5 Å². The fourth-order valence-corrected chi connectivity index (χ4v) is 0.662. The molecule has 0 aliphatic carbocycles. The smallest absolute Gasteiger partial charge is 0.444 e. The van der Waals surface area contributed by atoms with E-state index < -0.39 is 27.8 Å². The Labute approximate surface area is 127 Å². The van der Waals surface area contributed by atoms with Gasteiger partial charge in [-0.1, -0.05) is 19.9 Å². The quantitative estimate of drug-likeness (QED) is 0.132. The molecule has 0 heterocycles. The van der Waals surface area contributed by atoms with Crippen molar-refractivity contribution >= 4 is 21.6 Å². The molecule has 0 aromatic rings. The van der Waals surface area contributed by atoms with E-state index in [4.69, 9.17) is 49.0 Å². The molecule has 0 fully saturated rings. The molecule has 0 aliphatic heterocycles. The van der Waals surface area contributed by atoms with E-state index in [1.165, 1.54) is 0 Å². The van der Waals surface area contributed by atoms with Crippen LogP contribution < -0.4 is 11.9 Å². The fraction of sp³-hybridized carbons (Fsp3) is 0.625. The number of phosphoric acid groups is 2. The van der Waals surface area contributed by atoms with Crippen LogP contribution in [0.15, 0.2) is 12.7 Å². The predicted molar refractivity (Wildman–Crippen MR) is 77.3 cm³/mol. The van der Waals surface area contributed by atoms with Gasteiger partial charge in [-0.3, -0.25) is 5.73 Å². The molecule has 0 amide bonds. The van der Waals surface area contributed by atoms with Crippen LogP contribution in [0, 0.1) is 0 Å². The van der Waals surface area contributed by atoms with Gasteiger partial charge < -0.3 is 40.2 Å². The Kier molecular flexibility index (Phi) is 20.4. The summed E-state index contributed by atoms with van der Waals surface area (Å²) in [5, 5.41) is 0. The first kappa shape index (κ1) is 29.4. The minimum Gasteiger partial charge on any atom is -0.444 e. The van der Waals surface area contributed by atoms with Crippen molar-refractivity contribution in [1.82, 2.24) is 6.15 Å². The summed E-state index contributed by atoms with van der Waals surface area (Å²) in [5.74, 6) is -0.450. The minimum absolute atomic E-state index is 0. The second-order valence-corrected chi connectivity index (χ2v) is 5.40. The SMILES string of the molecule is C=CC(=O)OC(N)CCCC.N.O=P(O)(O)O.O=P(O)(O)O. The second-order valence-electron chi connectivity index (χ2n) is 3.35. The lowest BCUT2D eigenvalue weighted by molar-refractivity contribution is -0.143. The summed E-state index contributed by atoms with van der Waals surface area (Å²) >= 11 is 0. The number of nitrogens with two attached hydrogens (primary N) is 1. The van der Waals surface area contributed by atoms with Gasteiger partial charge in [-0.15, -0.1) is 0 Å². The van der Waals surface area contributed by atoms with Crippen molar-refractivity contribution in [2.45, 2.75) is 32.4 Å². The highest BCUT2D eigenvalue weighted by molar-refractivity contribution is 7.45. The predicted octanol–water partition coefficient (Wildman–Crippen LogP) is -0.505. The highest BCUT2D eigenvalue weighted by Crippen LogP contribution is 2.26. The van der Waals surface area contributed by atoms with Gasteiger partial charge >= 0.3 is 21.6 Å². The summed E-state index contributed by atoms with van der Waals surface area (Å²) in [6, 6.07) is 0. The third-order valence-corrected chi connectivity index (χ3v) is 1.28. The summed E-state index contributed by atoms with van der Waals surface area (Å²) in [6.07, 6.45) is 3.40. The number of hydrogen-bond donors (Lipinski definition) is 8. The molecule has 0 rings (SSSR count). The summed E-state index contributed by atoms with van der Waals surface area (Å²) in [5.41, 5.74) is 5.45. The van der Waals surface area contributed by atoms with Gasteiger partial charge in [-0.2, -0.15) is 0 Å². The van der Waals surface area contributed by atoms with Crippen molar-refractivity contribution in [3.05, 3.63) is 12.7 Å². The monoisotopic (exact) mass is 370 g/mol. The van der Waals surface area contributed by atoms with Crippen molar-refractivity contribution < 1.29 is 48.0 Å². The van der Waals surface area contributed by atoms with E-state index in [1.54, 1.807) is 0 Å². The van der Waals surface area contributed by atoms with Crippen LogP contribution in [0.4, 0.5) is 0 Å². The highest BCUT2D eigenvalue weighted by Gasteiger charge is 2.04. The van der Waals surface area contributed by atoms with E-state index in [0.717, 1.165) is 25.3 Å². The molecule has 0 bridgehead atoms. The summed E-state index contributed by atoms with van der Waals surface area (Å²) in [6.45, 7) is 5.32. The molecular weight excluding hydrogens is 346 g/mol. The lowest BCUT2D eigenvalue weighted by atomic mass is 10.2. The van der Waals surface area contributed by atoms with Crippen LogP contribution in [0.25, 0.3) is 0 Å². The van der Waals surface area contributed by atoms with Crippen LogP contribution in [0.5, 0.6) is 0 Å². The maximum absolute atomic E-state index is 10.6. The molecule has 22 heavy (non-hydrogen) atoms. The Morgan fingerprint density at radius 2 is 1.50 bits per heavy atom. The van der Waals surface area contributed by atoms with E-state index in [1.807, 2.05) is 0 Å². The van der Waals surface area contributed by atoms with Crippen molar-refractivity contribution in [3.63, 3.8) is 0 Å². The molecular formula is C8H24N2O10P2. The van der Waals surface area contributed by atoms with Crippen molar-refractivity contribution in [2.24, 2.45) is 5.73 Å². The molecule has 1 unspecified atom stereocenters. The number of hydrogen-bond acceptors (Lipinski definition) is 6. The Morgan fingerprint density at radius 1 is 1.18 bits per heavy atom. The third-order valence-electron chi connectivity index (χ3n) is 1.28. The van der Waals surface area contributed by atoms with Crippen molar-refractivity contribution in [2.75, 3.05) is 0 Å². The maximum Gasteiger partial charge on any atom is 0.466 e. The first-order chi connectivity index (χ1) is 9.20. The van der Waals surface area contributed by atoms with Gasteiger partial charge in [0.05, 0.1) is 0 Å². The molecule has 136 valence electrons. The van der Waals surface area contributed by atoms with Gasteiger partial charge in [-0.25, -0.2) is 13.9 Å². The molecule has 0 saturated carbocycles. The second kappa shape index (κ2) is 15.3. The van der Waals surface area contributed by atoms with Crippen molar-refractivity contribution in [3.8, 4) is 0 Å². The number of carbonyl (C=O) groups excluding carboxylic acids is 1. The Hall–Kier alpha value is -0.650. The van der Waals surface area contributed by atoms with Crippen LogP contribution in [-0.4, -0.2) is 41.6 Å². The van der Waals surface area contributed by atoms with Gasteiger partial charge in [-0.05, 0) is 12.8 Å². The van der Waals surface area contributed by atoms with Crippen LogP contribution >= 0.6 is 15.6 Å². The number of carbonyl (C=O) groups is 1. The number of unbranched alkanes of at least 4 members (excludes halogenated alkanes) is 1. The normalized spacial score (nSPS) is 11.5. The average molecular weight is 370 g/mol. The maximum atomic E-state index is 10.6. The standard InChI is InChI=1S/C8H15NO2.H3N.2H3O4P/c1-3-5-6-7(9)11-8(10)4-2;;2*1-5(2,3)4/h4,7H,2-3,5-6,9H2,1H3;1H3;2*(H3,1,2,3,4). The molecule has 14 heteroatoms. The zero-order valence-corrected chi connectivity index (χ0v) is 13.8. The van der Waals surface area contributed by atoms with Gasteiger partial charge in [0, 0.05) is 6.08 Å². The first-order valence-corrected chi connectivity index (χ1v) is 8.49. The van der Waals surface area contributed by atoms with E-state index in [9.17, 15) is 4.79 Å². The largest absolute Gasteiger partial charge is 0.466 e. The Bertz CT molecular complexity index is 343. The molecule has 0 saturated heterocycles. The molecule has 0 aromatic heterocycles. The Balaban J connectivity index is -0.000000124. The van der Waals surface area contributed by atoms with Crippen LogP contribution in [0.2, 0.25) is 0 Å². The van der Waals surface area contributed by atoms with Gasteiger partial charge in [0.2, 0.25) is 0 Å². The van der Waals surface area contributed by atoms with Gasteiger partial charge in [0.1, 0.15) is 0 Å². The minimum atomic E-state index is -4.64. The van der Waals surface area contributed by atoms with Gasteiger partial charge in [0.25, 0.3) is 0 Å². The summed E-state index contributed by atoms with van der Waals surface area (Å²) in [7, 11) is -9.28. The third kappa shape index (κ3) is 74.5. The molecule has 0 radical (unpaired) electrons. The topological polar surface area (TPSA) is 243 Å². The zero-order valence-electron chi connectivity index (χ0n) is 12.0. The van der Waals surface area contributed by atoms with Crippen LogP contribution in [0.3, 0.4) is 0 Å². The van der Waals surface area contributed by atoms with E-state index >= 15 is 0 Å². The fourth-order valence-electron chi connectivity index (χ4n) is 0.662. The number of rotatable bonds is 5. The summed E-state index contributed by atoms with van der Waals surface area (Å²) in [4.78, 5) is 53.7. The lowest BCUT2D eigenvalue weighted by Crippen LogP contribution is -2.26. The zero-order chi connectivity index (χ0) is 17.7. The van der Waals surface area contributed by atoms with Crippen LogP contribution in [0.1, 0.15) is 26.2 Å². The number of esters is 1. The molecule has 0 spiro atoms. The van der Waals surface area contributed by atoms with E-state index in [-0.39, 0.29) is 6.15 Å². The molecule has 12 nitrogen and oxygen atoms in total. The van der Waals surface area contributed by atoms with E-state index in [0.29, 0.717) is 0 Å². The molecule has 11 N–H and O–H groups in total. The van der Waals surface area contributed by atoms with Crippen LogP contribution in [-0.2, 0) is 18.7 Å². The molecule has 0 aromatic carbocycles. The van der Waals surface area contributed by atoms with Gasteiger partial charge in [0.15, 0.2) is 6.23 Å². The number of ether oxygens (including phenoxy) is 1. The average Bonchev–Trinajstić information content (AvgIpc) is 2.21. The van der Waals surface area contributed by atoms with Crippen molar-refractivity contribution in [1.29, 1.82) is 0 Å². The highest BCUT2D eigenvalue weighted by atomic mass is 31.2.